The molecule has 0 aromatic carbocycles. The van der Waals surface area contributed by atoms with Crippen LogP contribution in [0.4, 0.5) is 0 Å². The zero-order chi connectivity index (χ0) is 11.1. The number of nitrogens with one attached hydrogen (secondary N) is 1. The van der Waals surface area contributed by atoms with Gasteiger partial charge in [-0.05, 0) is 40.4 Å². The fourth-order valence-electron chi connectivity index (χ4n) is 1.06. The summed E-state index contributed by atoms with van der Waals surface area (Å²) in [4.78, 5) is 15.5. The molecule has 0 spiro atoms. The zero-order valence-electron chi connectivity index (χ0n) is 8.50. The van der Waals surface area contributed by atoms with Crippen molar-refractivity contribution in [3.8, 4) is 0 Å². The number of pyridine rings is 1. The van der Waals surface area contributed by atoms with Crippen LogP contribution in [0, 0.1) is 0 Å². The summed E-state index contributed by atoms with van der Waals surface area (Å²) >= 11 is 5.06. The van der Waals surface area contributed by atoms with E-state index in [1.165, 1.54) is 0 Å². The first-order valence-corrected chi connectivity index (χ1v) is 6.80. The van der Waals surface area contributed by atoms with Crippen molar-refractivity contribution in [1.82, 2.24) is 10.3 Å². The molecule has 1 rings (SSSR count). The predicted octanol–water partition coefficient (Wildman–Crippen LogP) is 2.33. The van der Waals surface area contributed by atoms with E-state index < -0.39 is 0 Å². The molecule has 5 heteroatoms. The Morgan fingerprint density at radius 1 is 1.60 bits per heavy atom. The molecule has 1 aromatic heterocycles. The van der Waals surface area contributed by atoms with Crippen LogP contribution in [0.15, 0.2) is 22.9 Å². The van der Waals surface area contributed by atoms with Crippen molar-refractivity contribution >= 4 is 33.6 Å². The Morgan fingerprint density at radius 3 is 3.07 bits per heavy atom. The molecule has 0 unspecified atom stereocenters. The average molecular weight is 289 g/mol. The van der Waals surface area contributed by atoms with Crippen LogP contribution >= 0.6 is 27.7 Å². The zero-order valence-corrected chi connectivity index (χ0v) is 10.9. The number of carbonyl (C=O) groups is 1. The standard InChI is InChI=1S/C10H13BrN2OS/c1-15-4-2-3-13-10(14)8-5-9(11)7-12-6-8/h5-7H,2-4H2,1H3,(H,13,14). The molecule has 0 fully saturated rings. The molecule has 1 aromatic rings. The molecule has 15 heavy (non-hydrogen) atoms. The Balaban J connectivity index is 2.40. The molecule has 0 aliphatic carbocycles. The van der Waals surface area contributed by atoms with E-state index >= 15 is 0 Å². The van der Waals surface area contributed by atoms with Crippen molar-refractivity contribution in [2.24, 2.45) is 0 Å². The molecule has 0 bridgehead atoms. The highest BCUT2D eigenvalue weighted by atomic mass is 79.9. The smallest absolute Gasteiger partial charge is 0.252 e. The van der Waals surface area contributed by atoms with Crippen LogP contribution in [0.2, 0.25) is 0 Å². The summed E-state index contributed by atoms with van der Waals surface area (Å²) in [6.45, 7) is 0.714. The Bertz CT molecular complexity index is 333. The lowest BCUT2D eigenvalue weighted by molar-refractivity contribution is 0.0953. The van der Waals surface area contributed by atoms with E-state index in [1.54, 1.807) is 30.2 Å². The lowest BCUT2D eigenvalue weighted by Crippen LogP contribution is -2.24. The molecule has 1 N–H and O–H groups in total. The van der Waals surface area contributed by atoms with Gasteiger partial charge in [-0.1, -0.05) is 0 Å². The second kappa shape index (κ2) is 6.85. The van der Waals surface area contributed by atoms with Crippen molar-refractivity contribution in [2.45, 2.75) is 6.42 Å². The van der Waals surface area contributed by atoms with E-state index in [-0.39, 0.29) is 5.91 Å². The van der Waals surface area contributed by atoms with Crippen molar-refractivity contribution in [3.63, 3.8) is 0 Å². The number of nitrogens with zero attached hydrogens (tertiary/aromatic N) is 1. The minimum Gasteiger partial charge on any atom is -0.352 e. The molecule has 0 radical (unpaired) electrons. The normalized spacial score (nSPS) is 10.0. The fraction of sp³-hybridized carbons (Fsp3) is 0.400. The first-order chi connectivity index (χ1) is 7.24. The minimum atomic E-state index is -0.0649. The maximum absolute atomic E-state index is 11.6. The van der Waals surface area contributed by atoms with Crippen LogP contribution in [-0.2, 0) is 0 Å². The van der Waals surface area contributed by atoms with Gasteiger partial charge in [-0.25, -0.2) is 0 Å². The van der Waals surface area contributed by atoms with E-state index in [0.29, 0.717) is 12.1 Å². The van der Waals surface area contributed by atoms with Gasteiger partial charge in [0.05, 0.1) is 5.56 Å². The third-order valence-electron chi connectivity index (χ3n) is 1.78. The predicted molar refractivity (Wildman–Crippen MR) is 67.3 cm³/mol. The van der Waals surface area contributed by atoms with Gasteiger partial charge in [-0.2, -0.15) is 11.8 Å². The SMILES string of the molecule is CSCCCNC(=O)c1cncc(Br)c1. The van der Waals surface area contributed by atoms with Gasteiger partial charge in [0.2, 0.25) is 0 Å². The van der Waals surface area contributed by atoms with Crippen molar-refractivity contribution in [2.75, 3.05) is 18.6 Å². The molecular weight excluding hydrogens is 276 g/mol. The van der Waals surface area contributed by atoms with Gasteiger partial charge in [0.1, 0.15) is 0 Å². The maximum Gasteiger partial charge on any atom is 0.252 e. The number of carbonyl (C=O) groups excluding carboxylic acids is 1. The van der Waals surface area contributed by atoms with Gasteiger partial charge >= 0.3 is 0 Å². The highest BCUT2D eigenvalue weighted by molar-refractivity contribution is 9.10. The van der Waals surface area contributed by atoms with Gasteiger partial charge in [-0.3, -0.25) is 9.78 Å². The summed E-state index contributed by atoms with van der Waals surface area (Å²) < 4.78 is 0.819. The third kappa shape index (κ3) is 4.66. The second-order valence-corrected chi connectivity index (χ2v) is 4.90. The van der Waals surface area contributed by atoms with Crippen LogP contribution in [0.25, 0.3) is 0 Å². The van der Waals surface area contributed by atoms with E-state index in [9.17, 15) is 4.79 Å². The Morgan fingerprint density at radius 2 is 2.40 bits per heavy atom. The van der Waals surface area contributed by atoms with Crippen molar-refractivity contribution in [3.05, 3.63) is 28.5 Å². The summed E-state index contributed by atoms with van der Waals surface area (Å²) in [6.07, 6.45) is 6.27. The third-order valence-corrected chi connectivity index (χ3v) is 2.91. The summed E-state index contributed by atoms with van der Waals surface area (Å²) in [5.41, 5.74) is 0.591. The monoisotopic (exact) mass is 288 g/mol. The van der Waals surface area contributed by atoms with E-state index in [1.807, 2.05) is 0 Å². The quantitative estimate of drug-likeness (QED) is 0.846. The van der Waals surface area contributed by atoms with Gasteiger partial charge in [0.25, 0.3) is 5.91 Å². The first kappa shape index (κ1) is 12.5. The van der Waals surface area contributed by atoms with Crippen molar-refractivity contribution in [1.29, 1.82) is 0 Å². The molecule has 1 heterocycles. The fourth-order valence-corrected chi connectivity index (χ4v) is 1.85. The van der Waals surface area contributed by atoms with Crippen LogP contribution in [-0.4, -0.2) is 29.4 Å². The number of hydrogen-bond acceptors (Lipinski definition) is 3. The molecule has 1 amide bonds. The summed E-state index contributed by atoms with van der Waals surface area (Å²) in [6, 6.07) is 1.76. The van der Waals surface area contributed by atoms with Crippen LogP contribution in [0.1, 0.15) is 16.8 Å². The van der Waals surface area contributed by atoms with Crippen LogP contribution < -0.4 is 5.32 Å². The number of halogens is 1. The molecule has 82 valence electrons. The lowest BCUT2D eigenvalue weighted by atomic mass is 10.2. The highest BCUT2D eigenvalue weighted by Gasteiger charge is 2.04. The molecule has 0 saturated carbocycles. The largest absolute Gasteiger partial charge is 0.352 e. The van der Waals surface area contributed by atoms with E-state index in [0.717, 1.165) is 16.6 Å². The Labute approximate surface area is 102 Å². The molecule has 0 aliphatic rings. The minimum absolute atomic E-state index is 0.0649. The van der Waals surface area contributed by atoms with Crippen LogP contribution in [0.5, 0.6) is 0 Å². The van der Waals surface area contributed by atoms with Gasteiger partial charge in [0, 0.05) is 23.4 Å². The Hall–Kier alpha value is -0.550. The maximum atomic E-state index is 11.6. The second-order valence-electron chi connectivity index (χ2n) is 2.99. The number of amides is 1. The van der Waals surface area contributed by atoms with Crippen LogP contribution in [0.3, 0.4) is 0 Å². The number of rotatable bonds is 5. The molecule has 0 atom stereocenters. The topological polar surface area (TPSA) is 42.0 Å². The van der Waals surface area contributed by atoms with E-state index in [2.05, 4.69) is 32.5 Å². The molecule has 0 saturated heterocycles. The molecule has 0 aliphatic heterocycles. The molecule has 3 nitrogen and oxygen atoms in total. The average Bonchev–Trinajstić information content (AvgIpc) is 2.24. The van der Waals surface area contributed by atoms with Crippen molar-refractivity contribution < 1.29 is 4.79 Å². The Kier molecular flexibility index (Phi) is 5.71. The van der Waals surface area contributed by atoms with Gasteiger partial charge in [0.15, 0.2) is 0 Å². The van der Waals surface area contributed by atoms with Gasteiger partial charge in [-0.15, -0.1) is 0 Å². The summed E-state index contributed by atoms with van der Waals surface area (Å²) in [5.74, 6) is 1.00. The first-order valence-electron chi connectivity index (χ1n) is 4.61. The highest BCUT2D eigenvalue weighted by Crippen LogP contribution is 2.09. The summed E-state index contributed by atoms with van der Waals surface area (Å²) in [5, 5.41) is 2.85. The van der Waals surface area contributed by atoms with E-state index in [4.69, 9.17) is 0 Å². The summed E-state index contributed by atoms with van der Waals surface area (Å²) in [7, 11) is 0. The van der Waals surface area contributed by atoms with Gasteiger partial charge < -0.3 is 5.32 Å². The number of hydrogen-bond donors (Lipinski definition) is 1. The molecular formula is C10H13BrN2OS. The number of aromatic nitrogens is 1. The number of thioether (sulfide) groups is 1. The lowest BCUT2D eigenvalue weighted by Gasteiger charge is -2.04.